The van der Waals surface area contributed by atoms with Gasteiger partial charge in [0.25, 0.3) is 0 Å². The molecule has 0 atom stereocenters. The normalized spacial score (nSPS) is 19.3. The first-order valence-corrected chi connectivity index (χ1v) is 7.53. The van der Waals surface area contributed by atoms with Crippen LogP contribution in [0.25, 0.3) is 0 Å². The number of hydrogen-bond donors (Lipinski definition) is 1. The van der Waals surface area contributed by atoms with E-state index in [4.69, 9.17) is 5.11 Å². The van der Waals surface area contributed by atoms with Crippen LogP contribution in [0.4, 0.5) is 0 Å². The van der Waals surface area contributed by atoms with Crippen LogP contribution in [0.15, 0.2) is 0 Å². The van der Waals surface area contributed by atoms with Crippen LogP contribution in [0.1, 0.15) is 46.0 Å². The monoisotopic (exact) mass is 273 g/mol. The fourth-order valence-electron chi connectivity index (χ4n) is 1.98. The van der Waals surface area contributed by atoms with Crippen molar-refractivity contribution in [1.29, 1.82) is 0 Å². The lowest BCUT2D eigenvalue weighted by atomic mass is 10.1. The van der Waals surface area contributed by atoms with Crippen LogP contribution in [0, 0.1) is 0 Å². The van der Waals surface area contributed by atoms with Crippen LogP contribution in [-0.4, -0.2) is 45.5 Å². The quantitative estimate of drug-likeness (QED) is 0.781. The van der Waals surface area contributed by atoms with Gasteiger partial charge in [0.2, 0.25) is 5.91 Å². The van der Waals surface area contributed by atoms with Crippen LogP contribution >= 0.6 is 11.8 Å². The van der Waals surface area contributed by atoms with Crippen molar-refractivity contribution in [1.82, 2.24) is 4.90 Å². The summed E-state index contributed by atoms with van der Waals surface area (Å²) in [4.78, 5) is 24.3. The number of carbonyl (C=O) groups excluding carboxylic acids is 1. The van der Waals surface area contributed by atoms with E-state index in [9.17, 15) is 9.59 Å². The molecule has 0 aliphatic carbocycles. The van der Waals surface area contributed by atoms with Crippen LogP contribution < -0.4 is 0 Å². The Kier molecular flexibility index (Phi) is 5.99. The fraction of sp³-hybridized carbons (Fsp3) is 0.846. The Morgan fingerprint density at radius 3 is 2.56 bits per heavy atom. The molecule has 1 N–H and O–H groups in total. The lowest BCUT2D eigenvalue weighted by Gasteiger charge is -2.22. The summed E-state index contributed by atoms with van der Waals surface area (Å²) in [6.45, 7) is 6.10. The molecular formula is C13H23NO3S. The zero-order chi connectivity index (χ0) is 13.6. The summed E-state index contributed by atoms with van der Waals surface area (Å²) in [6.07, 6.45) is 2.94. The Hall–Kier alpha value is -0.710. The van der Waals surface area contributed by atoms with E-state index in [0.717, 1.165) is 25.3 Å². The van der Waals surface area contributed by atoms with Gasteiger partial charge in [0.15, 0.2) is 0 Å². The SMILES string of the molecule is CC1(C)CCN(C(=O)CCCCC(=O)O)CCS1. The number of nitrogens with zero attached hydrogens (tertiary/aromatic N) is 1. The summed E-state index contributed by atoms with van der Waals surface area (Å²) in [5, 5.41) is 8.52. The second-order valence-electron chi connectivity index (χ2n) is 5.34. The highest BCUT2D eigenvalue weighted by molar-refractivity contribution is 8.00. The van der Waals surface area contributed by atoms with Crippen molar-refractivity contribution in [3.63, 3.8) is 0 Å². The largest absolute Gasteiger partial charge is 0.481 e. The van der Waals surface area contributed by atoms with E-state index in [2.05, 4.69) is 13.8 Å². The van der Waals surface area contributed by atoms with Gasteiger partial charge in [0.1, 0.15) is 0 Å². The van der Waals surface area contributed by atoms with Crippen molar-refractivity contribution in [3.05, 3.63) is 0 Å². The molecule has 0 unspecified atom stereocenters. The van der Waals surface area contributed by atoms with Crippen molar-refractivity contribution in [3.8, 4) is 0 Å². The van der Waals surface area contributed by atoms with Gasteiger partial charge in [-0.1, -0.05) is 13.8 Å². The zero-order valence-corrected chi connectivity index (χ0v) is 12.1. The second kappa shape index (κ2) is 7.02. The topological polar surface area (TPSA) is 57.6 Å². The van der Waals surface area contributed by atoms with Crippen molar-refractivity contribution >= 4 is 23.6 Å². The van der Waals surface area contributed by atoms with Gasteiger partial charge in [-0.15, -0.1) is 0 Å². The molecule has 0 aromatic rings. The summed E-state index contributed by atoms with van der Waals surface area (Å²) in [5.41, 5.74) is 0. The smallest absolute Gasteiger partial charge is 0.303 e. The maximum Gasteiger partial charge on any atom is 0.303 e. The Bertz CT molecular complexity index is 305. The number of carboxylic acids is 1. The Labute approximate surface area is 113 Å². The summed E-state index contributed by atoms with van der Waals surface area (Å²) >= 11 is 1.92. The molecule has 0 spiro atoms. The average Bonchev–Trinajstić information content (AvgIpc) is 2.45. The predicted octanol–water partition coefficient (Wildman–Crippen LogP) is 2.38. The summed E-state index contributed by atoms with van der Waals surface area (Å²) in [6, 6.07) is 0. The van der Waals surface area contributed by atoms with E-state index >= 15 is 0 Å². The molecule has 0 saturated carbocycles. The molecule has 0 aromatic carbocycles. The van der Waals surface area contributed by atoms with Crippen molar-refractivity contribution in [2.24, 2.45) is 0 Å². The number of hydrogen-bond acceptors (Lipinski definition) is 3. The van der Waals surface area contributed by atoms with Crippen molar-refractivity contribution < 1.29 is 14.7 Å². The molecule has 0 aromatic heterocycles. The second-order valence-corrected chi connectivity index (χ2v) is 7.14. The van der Waals surface area contributed by atoms with E-state index < -0.39 is 5.97 Å². The van der Waals surface area contributed by atoms with Gasteiger partial charge in [-0.05, 0) is 19.3 Å². The van der Waals surface area contributed by atoms with Gasteiger partial charge in [0, 0.05) is 36.4 Å². The van der Waals surface area contributed by atoms with Gasteiger partial charge in [-0.25, -0.2) is 0 Å². The molecule has 0 radical (unpaired) electrons. The highest BCUT2D eigenvalue weighted by Crippen LogP contribution is 2.30. The van der Waals surface area contributed by atoms with Gasteiger partial charge in [-0.2, -0.15) is 11.8 Å². The minimum absolute atomic E-state index is 0.163. The molecule has 1 rings (SSSR count). The van der Waals surface area contributed by atoms with E-state index in [-0.39, 0.29) is 17.1 Å². The number of rotatable bonds is 5. The van der Waals surface area contributed by atoms with Crippen molar-refractivity contribution in [2.45, 2.75) is 50.7 Å². The molecule has 1 aliphatic rings. The van der Waals surface area contributed by atoms with Gasteiger partial charge in [-0.3, -0.25) is 9.59 Å². The molecule has 1 amide bonds. The van der Waals surface area contributed by atoms with Crippen LogP contribution in [0.2, 0.25) is 0 Å². The third kappa shape index (κ3) is 5.76. The molecule has 1 aliphatic heterocycles. The summed E-state index contributed by atoms with van der Waals surface area (Å²) in [7, 11) is 0. The first kappa shape index (κ1) is 15.3. The van der Waals surface area contributed by atoms with Crippen LogP contribution in [0.3, 0.4) is 0 Å². The Morgan fingerprint density at radius 2 is 1.89 bits per heavy atom. The highest BCUT2D eigenvalue weighted by Gasteiger charge is 2.25. The average molecular weight is 273 g/mol. The van der Waals surface area contributed by atoms with Gasteiger partial charge < -0.3 is 10.0 Å². The van der Waals surface area contributed by atoms with E-state index in [1.165, 1.54) is 0 Å². The highest BCUT2D eigenvalue weighted by atomic mass is 32.2. The number of unbranched alkanes of at least 4 members (excludes halogenated alkanes) is 1. The first-order chi connectivity index (χ1) is 8.41. The molecule has 1 saturated heterocycles. The van der Waals surface area contributed by atoms with Gasteiger partial charge >= 0.3 is 5.97 Å². The van der Waals surface area contributed by atoms with Crippen LogP contribution in [0.5, 0.6) is 0 Å². The number of aliphatic carboxylic acids is 1. The lowest BCUT2D eigenvalue weighted by Crippen LogP contribution is -2.33. The maximum atomic E-state index is 12.0. The van der Waals surface area contributed by atoms with Crippen molar-refractivity contribution in [2.75, 3.05) is 18.8 Å². The molecule has 18 heavy (non-hydrogen) atoms. The molecular weight excluding hydrogens is 250 g/mol. The van der Waals surface area contributed by atoms with Gasteiger partial charge in [0.05, 0.1) is 0 Å². The van der Waals surface area contributed by atoms with Crippen LogP contribution in [-0.2, 0) is 9.59 Å². The third-order valence-electron chi connectivity index (χ3n) is 3.22. The molecule has 5 heteroatoms. The standard InChI is InChI=1S/C13H23NO3S/c1-13(2)7-8-14(9-10-18-13)11(15)5-3-4-6-12(16)17/h3-10H2,1-2H3,(H,16,17). The Balaban J connectivity index is 2.27. The number of carbonyl (C=O) groups is 2. The minimum Gasteiger partial charge on any atom is -0.481 e. The third-order valence-corrected chi connectivity index (χ3v) is 4.59. The van der Waals surface area contributed by atoms with E-state index in [1.807, 2.05) is 16.7 Å². The summed E-state index contributed by atoms with van der Waals surface area (Å²) in [5.74, 6) is 0.391. The molecule has 1 heterocycles. The number of amides is 1. The number of carboxylic acid groups (broad SMARTS) is 1. The molecule has 1 fully saturated rings. The molecule has 4 nitrogen and oxygen atoms in total. The Morgan fingerprint density at radius 1 is 1.22 bits per heavy atom. The number of thioether (sulfide) groups is 1. The molecule has 0 bridgehead atoms. The summed E-state index contributed by atoms with van der Waals surface area (Å²) < 4.78 is 0.262. The first-order valence-electron chi connectivity index (χ1n) is 6.54. The molecule has 104 valence electrons. The predicted molar refractivity (Wildman–Crippen MR) is 73.8 cm³/mol. The van der Waals surface area contributed by atoms with E-state index in [1.54, 1.807) is 0 Å². The zero-order valence-electron chi connectivity index (χ0n) is 11.3. The fourth-order valence-corrected chi connectivity index (χ4v) is 3.08. The maximum absolute atomic E-state index is 12.0. The lowest BCUT2D eigenvalue weighted by molar-refractivity contribution is -0.137. The van der Waals surface area contributed by atoms with E-state index in [0.29, 0.717) is 19.3 Å². The minimum atomic E-state index is -0.782.